The van der Waals surface area contributed by atoms with Crippen LogP contribution in [-0.4, -0.2) is 9.91 Å². The van der Waals surface area contributed by atoms with Crippen molar-refractivity contribution in [2.75, 3.05) is 0 Å². The van der Waals surface area contributed by atoms with E-state index in [-0.39, 0.29) is 9.39 Å². The Kier molecular flexibility index (Phi) is 2.32. The number of halogens is 2. The van der Waals surface area contributed by atoms with Crippen LogP contribution in [0.25, 0.3) is 0 Å². The molecule has 0 fully saturated rings. The number of hydrogen-bond donors (Lipinski definition) is 0. The summed E-state index contributed by atoms with van der Waals surface area (Å²) in [4.78, 5) is 12.8. The molecule has 0 atom stereocenters. The van der Waals surface area contributed by atoms with Crippen LogP contribution >= 0.6 is 22.6 Å². The van der Waals surface area contributed by atoms with Crippen LogP contribution in [0.5, 0.6) is 0 Å². The van der Waals surface area contributed by atoms with Crippen molar-refractivity contribution >= 4 is 28.3 Å². The molecule has 1 aromatic heterocycles. The van der Waals surface area contributed by atoms with Crippen molar-refractivity contribution in [1.82, 2.24) is 4.98 Å². The van der Waals surface area contributed by atoms with Crippen LogP contribution in [0.15, 0.2) is 12.1 Å². The summed E-state index contributed by atoms with van der Waals surface area (Å²) in [6.07, 6.45) is 0. The van der Waals surface area contributed by atoms with Crippen LogP contribution in [0.3, 0.4) is 0 Å². The Labute approximate surface area is 74.7 Å². The molecular formula is C5H2FIN2O2. The third-order valence-electron chi connectivity index (χ3n) is 0.992. The van der Waals surface area contributed by atoms with Crippen molar-refractivity contribution in [1.29, 1.82) is 0 Å². The number of hydrogen-bond acceptors (Lipinski definition) is 3. The Morgan fingerprint density at radius 2 is 2.27 bits per heavy atom. The van der Waals surface area contributed by atoms with Gasteiger partial charge in [-0.15, -0.1) is 0 Å². The first-order valence-corrected chi connectivity index (χ1v) is 3.65. The van der Waals surface area contributed by atoms with E-state index < -0.39 is 10.9 Å². The maximum absolute atomic E-state index is 12.3. The normalized spacial score (nSPS) is 9.64. The summed E-state index contributed by atoms with van der Waals surface area (Å²) in [5, 5.41) is 10.2. The standard InChI is InChI=1S/C5H2FIN2O2/c6-4-2-1-3(9(10)11)5(7)8-4/h1-2H. The lowest BCUT2D eigenvalue weighted by Crippen LogP contribution is -1.95. The zero-order valence-corrected chi connectivity index (χ0v) is 7.28. The first kappa shape index (κ1) is 8.31. The van der Waals surface area contributed by atoms with E-state index in [4.69, 9.17) is 0 Å². The molecule has 6 heteroatoms. The summed E-state index contributed by atoms with van der Waals surface area (Å²) in [5.74, 6) is -0.708. The lowest BCUT2D eigenvalue weighted by atomic mass is 10.4. The number of pyridine rings is 1. The van der Waals surface area contributed by atoms with Crippen molar-refractivity contribution < 1.29 is 9.31 Å². The highest BCUT2D eigenvalue weighted by atomic mass is 127. The van der Waals surface area contributed by atoms with E-state index in [0.29, 0.717) is 0 Å². The molecule has 0 aromatic carbocycles. The van der Waals surface area contributed by atoms with E-state index in [0.717, 1.165) is 12.1 Å². The topological polar surface area (TPSA) is 56.0 Å². The number of aromatic nitrogens is 1. The Bertz CT molecular complexity index is 305. The molecule has 1 aromatic rings. The molecule has 0 saturated heterocycles. The number of nitrogens with zero attached hydrogens (tertiary/aromatic N) is 2. The Balaban J connectivity index is 3.20. The molecule has 1 rings (SSSR count). The third-order valence-corrected chi connectivity index (χ3v) is 1.79. The summed E-state index contributed by atoms with van der Waals surface area (Å²) < 4.78 is 12.3. The largest absolute Gasteiger partial charge is 0.301 e. The van der Waals surface area contributed by atoms with Crippen LogP contribution < -0.4 is 0 Å². The van der Waals surface area contributed by atoms with Crippen LogP contribution in [0, 0.1) is 19.8 Å². The van der Waals surface area contributed by atoms with Gasteiger partial charge in [0, 0.05) is 12.1 Å². The van der Waals surface area contributed by atoms with Crippen LogP contribution in [0.1, 0.15) is 0 Å². The molecule has 0 spiro atoms. The van der Waals surface area contributed by atoms with Gasteiger partial charge in [0.2, 0.25) is 5.95 Å². The fourth-order valence-corrected chi connectivity index (χ4v) is 1.15. The summed E-state index contributed by atoms with van der Waals surface area (Å²) in [5.41, 5.74) is -0.174. The molecule has 0 aliphatic heterocycles. The zero-order valence-electron chi connectivity index (χ0n) is 5.12. The average Bonchev–Trinajstić information content (AvgIpc) is 1.85. The highest BCUT2D eigenvalue weighted by Gasteiger charge is 2.12. The van der Waals surface area contributed by atoms with E-state index in [1.54, 1.807) is 22.6 Å². The van der Waals surface area contributed by atoms with Crippen molar-refractivity contribution in [2.45, 2.75) is 0 Å². The molecule has 0 N–H and O–H groups in total. The van der Waals surface area contributed by atoms with Crippen molar-refractivity contribution in [3.05, 3.63) is 31.9 Å². The Morgan fingerprint density at radius 3 is 2.73 bits per heavy atom. The van der Waals surface area contributed by atoms with Gasteiger partial charge in [0.05, 0.1) is 4.92 Å². The van der Waals surface area contributed by atoms with Gasteiger partial charge in [-0.2, -0.15) is 4.39 Å². The van der Waals surface area contributed by atoms with Crippen LogP contribution in [0.4, 0.5) is 10.1 Å². The highest BCUT2D eigenvalue weighted by molar-refractivity contribution is 14.1. The molecule has 0 unspecified atom stereocenters. The molecule has 0 aliphatic rings. The van der Waals surface area contributed by atoms with Crippen molar-refractivity contribution in [3.8, 4) is 0 Å². The summed E-state index contributed by atoms with van der Waals surface area (Å²) >= 11 is 1.61. The Morgan fingerprint density at radius 1 is 1.64 bits per heavy atom. The average molecular weight is 268 g/mol. The van der Waals surface area contributed by atoms with Crippen LogP contribution in [-0.2, 0) is 0 Å². The lowest BCUT2D eigenvalue weighted by molar-refractivity contribution is -0.386. The maximum Gasteiger partial charge on any atom is 0.301 e. The first-order chi connectivity index (χ1) is 5.11. The van der Waals surface area contributed by atoms with Crippen LogP contribution in [0.2, 0.25) is 0 Å². The second-order valence-electron chi connectivity index (χ2n) is 1.70. The fraction of sp³-hybridized carbons (Fsp3) is 0. The molecule has 0 amide bonds. The smallest absolute Gasteiger partial charge is 0.258 e. The van der Waals surface area contributed by atoms with E-state index >= 15 is 0 Å². The molecule has 4 nitrogen and oxygen atoms in total. The highest BCUT2D eigenvalue weighted by Crippen LogP contribution is 2.17. The van der Waals surface area contributed by atoms with Gasteiger partial charge in [0.25, 0.3) is 0 Å². The molecule has 0 aliphatic carbocycles. The SMILES string of the molecule is O=[N+]([O-])c1ccc(F)nc1I. The number of nitro groups is 1. The van der Waals surface area contributed by atoms with Gasteiger partial charge in [-0.3, -0.25) is 10.1 Å². The van der Waals surface area contributed by atoms with Gasteiger partial charge in [-0.05, 0) is 22.6 Å². The second kappa shape index (κ2) is 3.07. The zero-order chi connectivity index (χ0) is 8.43. The van der Waals surface area contributed by atoms with E-state index in [1.165, 1.54) is 0 Å². The lowest BCUT2D eigenvalue weighted by Gasteiger charge is -1.92. The van der Waals surface area contributed by atoms with Gasteiger partial charge in [-0.25, -0.2) is 4.98 Å². The van der Waals surface area contributed by atoms with Gasteiger partial charge in [-0.1, -0.05) is 0 Å². The van der Waals surface area contributed by atoms with E-state index in [2.05, 4.69) is 4.98 Å². The first-order valence-electron chi connectivity index (χ1n) is 2.57. The molecule has 58 valence electrons. The summed E-state index contributed by atoms with van der Waals surface area (Å²) in [6, 6.07) is 2.05. The van der Waals surface area contributed by atoms with Gasteiger partial charge < -0.3 is 0 Å². The summed E-state index contributed by atoms with van der Waals surface area (Å²) in [6.45, 7) is 0. The molecule has 0 saturated carbocycles. The van der Waals surface area contributed by atoms with Crippen molar-refractivity contribution in [2.24, 2.45) is 0 Å². The minimum atomic E-state index is -0.708. The molecule has 0 radical (unpaired) electrons. The third kappa shape index (κ3) is 1.82. The van der Waals surface area contributed by atoms with Gasteiger partial charge in [0.15, 0.2) is 3.70 Å². The van der Waals surface area contributed by atoms with Gasteiger partial charge >= 0.3 is 5.69 Å². The predicted molar refractivity (Wildman–Crippen MR) is 43.6 cm³/mol. The summed E-state index contributed by atoms with van der Waals surface area (Å²) in [7, 11) is 0. The molecular weight excluding hydrogens is 266 g/mol. The minimum absolute atomic E-state index is 0.0626. The molecule has 11 heavy (non-hydrogen) atoms. The predicted octanol–water partition coefficient (Wildman–Crippen LogP) is 1.73. The van der Waals surface area contributed by atoms with Gasteiger partial charge in [0.1, 0.15) is 0 Å². The van der Waals surface area contributed by atoms with Crippen molar-refractivity contribution in [3.63, 3.8) is 0 Å². The molecule has 0 bridgehead atoms. The minimum Gasteiger partial charge on any atom is -0.258 e. The Hall–Kier alpha value is -0.790. The maximum atomic E-state index is 12.3. The number of rotatable bonds is 1. The monoisotopic (exact) mass is 268 g/mol. The fourth-order valence-electron chi connectivity index (χ4n) is 0.541. The molecule has 1 heterocycles. The quantitative estimate of drug-likeness (QED) is 0.337. The van der Waals surface area contributed by atoms with E-state index in [9.17, 15) is 14.5 Å². The van der Waals surface area contributed by atoms with E-state index in [1.807, 2.05) is 0 Å². The second-order valence-corrected chi connectivity index (χ2v) is 2.72.